The van der Waals surface area contributed by atoms with Crippen LogP contribution in [0.15, 0.2) is 11.4 Å². The van der Waals surface area contributed by atoms with Crippen molar-refractivity contribution in [1.29, 1.82) is 0 Å². The van der Waals surface area contributed by atoms with E-state index in [1.165, 1.54) is 22.2 Å². The maximum atomic E-state index is 11.7. The summed E-state index contributed by atoms with van der Waals surface area (Å²) in [6.07, 6.45) is 0.671. The van der Waals surface area contributed by atoms with E-state index in [4.69, 9.17) is 0 Å². The van der Waals surface area contributed by atoms with E-state index in [1.54, 1.807) is 11.3 Å². The van der Waals surface area contributed by atoms with Gasteiger partial charge in [0.05, 0.1) is 23.8 Å². The molecular weight excluding hydrogens is 302 g/mol. The molecule has 1 N–H and O–H groups in total. The van der Waals surface area contributed by atoms with E-state index >= 15 is 0 Å². The third-order valence-corrected chi connectivity index (χ3v) is 7.36. The second kappa shape index (κ2) is 6.28. The zero-order valence-corrected chi connectivity index (χ0v) is 13.2. The SMILES string of the molecule is Cc1ccsc1CNC(=O)CS[C@@H]1CCS(=O)(=O)C1. The summed E-state index contributed by atoms with van der Waals surface area (Å²) in [5.74, 6) is 0.794. The standard InChI is InChI=1S/C12H17NO3S3/c1-9-2-4-17-11(9)6-13-12(14)7-18-10-3-5-19(15,16)8-10/h2,4,10H,3,5-8H2,1H3,(H,13,14)/t10-/m1/s1. The molecule has 0 unspecified atom stereocenters. The third kappa shape index (κ3) is 4.50. The van der Waals surface area contributed by atoms with Crippen LogP contribution in [0.4, 0.5) is 0 Å². The van der Waals surface area contributed by atoms with Crippen molar-refractivity contribution in [2.45, 2.75) is 25.1 Å². The van der Waals surface area contributed by atoms with Gasteiger partial charge in [-0.05, 0) is 30.4 Å². The molecule has 0 bridgehead atoms. The molecule has 4 nitrogen and oxygen atoms in total. The zero-order valence-electron chi connectivity index (χ0n) is 10.7. The number of aryl methyl sites for hydroxylation is 1. The maximum absolute atomic E-state index is 11.7. The van der Waals surface area contributed by atoms with Crippen molar-refractivity contribution in [3.8, 4) is 0 Å². The van der Waals surface area contributed by atoms with E-state index in [2.05, 4.69) is 5.32 Å². The minimum absolute atomic E-state index is 0.0258. The molecule has 0 radical (unpaired) electrons. The molecule has 0 aromatic carbocycles. The minimum atomic E-state index is -2.85. The van der Waals surface area contributed by atoms with Gasteiger partial charge < -0.3 is 5.32 Å². The Labute approximate surface area is 121 Å². The van der Waals surface area contributed by atoms with E-state index in [0.717, 1.165) is 0 Å². The van der Waals surface area contributed by atoms with Crippen LogP contribution in [0, 0.1) is 6.92 Å². The molecule has 106 valence electrons. The lowest BCUT2D eigenvalue weighted by atomic mass is 10.3. The van der Waals surface area contributed by atoms with Crippen LogP contribution in [0.2, 0.25) is 0 Å². The Hall–Kier alpha value is -0.530. The van der Waals surface area contributed by atoms with Gasteiger partial charge in [-0.15, -0.1) is 23.1 Å². The molecule has 1 atom stereocenters. The van der Waals surface area contributed by atoms with Gasteiger partial charge in [0.1, 0.15) is 0 Å². The van der Waals surface area contributed by atoms with Crippen molar-refractivity contribution in [3.05, 3.63) is 21.9 Å². The van der Waals surface area contributed by atoms with Crippen molar-refractivity contribution in [3.63, 3.8) is 0 Å². The predicted molar refractivity (Wildman–Crippen MR) is 80.4 cm³/mol. The predicted octanol–water partition coefficient (Wildman–Crippen LogP) is 1.59. The Bertz CT molecular complexity index is 550. The van der Waals surface area contributed by atoms with Gasteiger partial charge in [-0.2, -0.15) is 0 Å². The third-order valence-electron chi connectivity index (χ3n) is 3.06. The quantitative estimate of drug-likeness (QED) is 0.895. The Morgan fingerprint density at radius 2 is 2.37 bits per heavy atom. The van der Waals surface area contributed by atoms with E-state index in [9.17, 15) is 13.2 Å². The molecule has 1 aromatic rings. The van der Waals surface area contributed by atoms with Gasteiger partial charge in [0.15, 0.2) is 9.84 Å². The molecule has 0 aliphatic carbocycles. The van der Waals surface area contributed by atoms with Crippen LogP contribution >= 0.6 is 23.1 Å². The van der Waals surface area contributed by atoms with Gasteiger partial charge in [-0.3, -0.25) is 4.79 Å². The molecule has 0 saturated carbocycles. The fraction of sp³-hybridized carbons (Fsp3) is 0.583. The van der Waals surface area contributed by atoms with Crippen molar-refractivity contribution >= 4 is 38.8 Å². The Balaban J connectivity index is 1.69. The fourth-order valence-electron chi connectivity index (χ4n) is 1.90. The summed E-state index contributed by atoms with van der Waals surface area (Å²) < 4.78 is 22.6. The number of rotatable bonds is 5. The van der Waals surface area contributed by atoms with Gasteiger partial charge in [-0.1, -0.05) is 0 Å². The molecule has 1 aliphatic heterocycles. The normalized spacial score (nSPS) is 21.4. The second-order valence-electron chi connectivity index (χ2n) is 4.64. The minimum Gasteiger partial charge on any atom is -0.350 e. The van der Waals surface area contributed by atoms with Crippen LogP contribution in [0.5, 0.6) is 0 Å². The van der Waals surface area contributed by atoms with Crippen LogP contribution in [0.3, 0.4) is 0 Å². The summed E-state index contributed by atoms with van der Waals surface area (Å²) in [6.45, 7) is 2.59. The molecular formula is C12H17NO3S3. The number of hydrogen-bond acceptors (Lipinski definition) is 5. The number of amides is 1. The van der Waals surface area contributed by atoms with Gasteiger partial charge in [0, 0.05) is 10.1 Å². The molecule has 1 amide bonds. The number of carbonyl (C=O) groups excluding carboxylic acids is 1. The first-order valence-corrected chi connectivity index (χ1v) is 9.83. The van der Waals surface area contributed by atoms with Gasteiger partial charge >= 0.3 is 0 Å². The van der Waals surface area contributed by atoms with Gasteiger partial charge in [-0.25, -0.2) is 8.42 Å². The molecule has 2 rings (SSSR count). The Morgan fingerprint density at radius 1 is 1.58 bits per heavy atom. The van der Waals surface area contributed by atoms with Crippen molar-refractivity contribution in [1.82, 2.24) is 5.32 Å². The summed E-state index contributed by atoms with van der Waals surface area (Å²) >= 11 is 3.08. The number of sulfone groups is 1. The highest BCUT2D eigenvalue weighted by Crippen LogP contribution is 2.24. The largest absolute Gasteiger partial charge is 0.350 e. The molecule has 2 heterocycles. The summed E-state index contributed by atoms with van der Waals surface area (Å²) in [6, 6.07) is 2.03. The fourth-order valence-corrected chi connectivity index (χ4v) is 6.22. The Morgan fingerprint density at radius 3 is 2.95 bits per heavy atom. The summed E-state index contributed by atoms with van der Waals surface area (Å²) in [7, 11) is -2.85. The number of carbonyl (C=O) groups is 1. The van der Waals surface area contributed by atoms with Gasteiger partial charge in [0.25, 0.3) is 0 Å². The summed E-state index contributed by atoms with van der Waals surface area (Å²) in [5.41, 5.74) is 1.19. The molecule has 7 heteroatoms. The lowest BCUT2D eigenvalue weighted by molar-refractivity contribution is -0.118. The Kier molecular flexibility index (Phi) is 4.92. The molecule has 1 aromatic heterocycles. The topological polar surface area (TPSA) is 63.2 Å². The van der Waals surface area contributed by atoms with E-state index in [1.807, 2.05) is 18.4 Å². The maximum Gasteiger partial charge on any atom is 0.230 e. The summed E-state index contributed by atoms with van der Waals surface area (Å²) in [5, 5.41) is 4.96. The number of hydrogen-bond donors (Lipinski definition) is 1. The molecule has 19 heavy (non-hydrogen) atoms. The number of nitrogens with one attached hydrogen (secondary N) is 1. The number of thioether (sulfide) groups is 1. The van der Waals surface area contributed by atoms with Crippen molar-refractivity contribution < 1.29 is 13.2 Å². The van der Waals surface area contributed by atoms with Crippen LogP contribution in [0.1, 0.15) is 16.9 Å². The van der Waals surface area contributed by atoms with Crippen LogP contribution in [-0.2, 0) is 21.2 Å². The van der Waals surface area contributed by atoms with Gasteiger partial charge in [0.2, 0.25) is 5.91 Å². The van der Waals surface area contributed by atoms with E-state index < -0.39 is 9.84 Å². The monoisotopic (exact) mass is 319 g/mol. The average molecular weight is 319 g/mol. The number of thiophene rings is 1. The first-order valence-electron chi connectivity index (χ1n) is 6.08. The lowest BCUT2D eigenvalue weighted by Crippen LogP contribution is -2.25. The first-order chi connectivity index (χ1) is 8.96. The smallest absolute Gasteiger partial charge is 0.230 e. The van der Waals surface area contributed by atoms with Crippen molar-refractivity contribution in [2.24, 2.45) is 0 Å². The average Bonchev–Trinajstić information content (AvgIpc) is 2.90. The highest BCUT2D eigenvalue weighted by molar-refractivity contribution is 8.02. The molecule has 1 aliphatic rings. The summed E-state index contributed by atoms with van der Waals surface area (Å²) in [4.78, 5) is 12.9. The molecule has 1 saturated heterocycles. The van der Waals surface area contributed by atoms with E-state index in [0.29, 0.717) is 18.7 Å². The first kappa shape index (κ1) is 14.9. The van der Waals surface area contributed by atoms with Crippen LogP contribution < -0.4 is 5.32 Å². The zero-order chi connectivity index (χ0) is 13.9. The van der Waals surface area contributed by atoms with Crippen LogP contribution in [-0.4, -0.2) is 36.8 Å². The second-order valence-corrected chi connectivity index (χ2v) is 9.16. The molecule has 0 spiro atoms. The van der Waals surface area contributed by atoms with Crippen molar-refractivity contribution in [2.75, 3.05) is 17.3 Å². The highest BCUT2D eigenvalue weighted by atomic mass is 32.2. The highest BCUT2D eigenvalue weighted by Gasteiger charge is 2.28. The lowest BCUT2D eigenvalue weighted by Gasteiger charge is -2.08. The van der Waals surface area contributed by atoms with Crippen LogP contribution in [0.25, 0.3) is 0 Å². The van der Waals surface area contributed by atoms with E-state index in [-0.39, 0.29) is 22.7 Å². The molecule has 1 fully saturated rings.